The number of carbonyl (C=O) groups excluding carboxylic acids is 2. The lowest BCUT2D eigenvalue weighted by molar-refractivity contribution is -0.163. The number of hydrogen-bond acceptors (Lipinski definition) is 6. The fourth-order valence-corrected chi connectivity index (χ4v) is 4.75. The first-order valence-electron chi connectivity index (χ1n) is 8.87. The number of rotatable bonds is 7. The van der Waals surface area contributed by atoms with E-state index in [1.807, 2.05) is 0 Å². The van der Waals surface area contributed by atoms with E-state index in [1.54, 1.807) is 0 Å². The highest BCUT2D eigenvalue weighted by Gasteiger charge is 2.52. The standard InChI is InChI=1S/C18H32N2O5S/c1-17(2)7-6-8-18(3,4)16(17)20(12(10-26)15(24)25-5)14(23)11(19)9-13(21)22/h11-12,16,26H,6-10,19H2,1-5H3,(H,21,22)/t11-,12-/m0/s1. The molecule has 0 radical (unpaired) electrons. The van der Waals surface area contributed by atoms with Crippen molar-refractivity contribution in [3.8, 4) is 0 Å². The lowest BCUT2D eigenvalue weighted by Crippen LogP contribution is -2.65. The van der Waals surface area contributed by atoms with E-state index in [9.17, 15) is 14.4 Å². The number of methoxy groups -OCH3 is 1. The first kappa shape index (κ1) is 22.8. The van der Waals surface area contributed by atoms with Crippen LogP contribution in [0.3, 0.4) is 0 Å². The van der Waals surface area contributed by atoms with Crippen LogP contribution in [0.15, 0.2) is 0 Å². The van der Waals surface area contributed by atoms with Crippen LogP contribution in [0.5, 0.6) is 0 Å². The quantitative estimate of drug-likeness (QED) is 0.452. The third kappa shape index (κ3) is 4.91. The summed E-state index contributed by atoms with van der Waals surface area (Å²) in [4.78, 5) is 38.1. The Morgan fingerprint density at radius 3 is 2.12 bits per heavy atom. The molecule has 1 aliphatic carbocycles. The summed E-state index contributed by atoms with van der Waals surface area (Å²) in [7, 11) is 1.26. The maximum absolute atomic E-state index is 13.2. The van der Waals surface area contributed by atoms with E-state index in [0.717, 1.165) is 19.3 Å². The Hall–Kier alpha value is -1.28. The van der Waals surface area contributed by atoms with Gasteiger partial charge in [0.2, 0.25) is 5.91 Å². The number of nitrogens with zero attached hydrogens (tertiary/aromatic N) is 1. The molecule has 1 rings (SSSR count). The second-order valence-electron chi connectivity index (χ2n) is 8.40. The van der Waals surface area contributed by atoms with Gasteiger partial charge in [-0.05, 0) is 23.7 Å². The molecular weight excluding hydrogens is 356 g/mol. The van der Waals surface area contributed by atoms with E-state index in [4.69, 9.17) is 15.6 Å². The fourth-order valence-electron chi connectivity index (χ4n) is 4.42. The predicted molar refractivity (Wildman–Crippen MR) is 102 cm³/mol. The van der Waals surface area contributed by atoms with Crippen molar-refractivity contribution in [3.05, 3.63) is 0 Å². The highest BCUT2D eigenvalue weighted by Crippen LogP contribution is 2.49. The smallest absolute Gasteiger partial charge is 0.329 e. The zero-order valence-corrected chi connectivity index (χ0v) is 17.2. The van der Waals surface area contributed by atoms with Crippen molar-refractivity contribution >= 4 is 30.5 Å². The van der Waals surface area contributed by atoms with Crippen LogP contribution in [0.1, 0.15) is 53.4 Å². The van der Waals surface area contributed by atoms with Crippen LogP contribution < -0.4 is 5.73 Å². The van der Waals surface area contributed by atoms with Crippen molar-refractivity contribution in [1.29, 1.82) is 0 Å². The molecule has 0 spiro atoms. The van der Waals surface area contributed by atoms with Crippen molar-refractivity contribution < 1.29 is 24.2 Å². The zero-order valence-electron chi connectivity index (χ0n) is 16.3. The molecule has 0 unspecified atom stereocenters. The summed E-state index contributed by atoms with van der Waals surface area (Å²) in [6.45, 7) is 8.26. The Morgan fingerprint density at radius 2 is 1.73 bits per heavy atom. The second-order valence-corrected chi connectivity index (χ2v) is 8.77. The third-order valence-electron chi connectivity index (χ3n) is 5.35. The number of carboxylic acids is 1. The van der Waals surface area contributed by atoms with E-state index < -0.39 is 36.4 Å². The summed E-state index contributed by atoms with van der Waals surface area (Å²) in [5, 5.41) is 9.02. The van der Waals surface area contributed by atoms with Gasteiger partial charge in [0.05, 0.1) is 19.6 Å². The Kier molecular flexibility index (Phi) is 7.53. The molecule has 3 N–H and O–H groups in total. The normalized spacial score (nSPS) is 21.5. The molecule has 0 aliphatic heterocycles. The highest BCUT2D eigenvalue weighted by atomic mass is 32.1. The minimum Gasteiger partial charge on any atom is -0.481 e. The average molecular weight is 389 g/mol. The number of amides is 1. The number of nitrogens with two attached hydrogens (primary N) is 1. The third-order valence-corrected chi connectivity index (χ3v) is 5.69. The van der Waals surface area contributed by atoms with Crippen LogP contribution >= 0.6 is 12.6 Å². The van der Waals surface area contributed by atoms with Gasteiger partial charge in [-0.2, -0.15) is 12.6 Å². The van der Waals surface area contributed by atoms with E-state index in [1.165, 1.54) is 12.0 Å². The SMILES string of the molecule is COC(=O)[C@H](CS)N(C(=O)[C@@H](N)CC(=O)O)C1C(C)(C)CCCC1(C)C. The molecule has 1 saturated carbocycles. The summed E-state index contributed by atoms with van der Waals surface area (Å²) in [6.07, 6.45) is 2.30. The van der Waals surface area contributed by atoms with Crippen LogP contribution in [0.4, 0.5) is 0 Å². The molecule has 1 fully saturated rings. The molecule has 1 amide bonds. The summed E-state index contributed by atoms with van der Waals surface area (Å²) < 4.78 is 4.88. The minimum absolute atomic E-state index is 0.0703. The molecule has 26 heavy (non-hydrogen) atoms. The van der Waals surface area contributed by atoms with Crippen molar-refractivity contribution in [3.63, 3.8) is 0 Å². The monoisotopic (exact) mass is 388 g/mol. The predicted octanol–water partition coefficient (Wildman–Crippen LogP) is 1.69. The van der Waals surface area contributed by atoms with Crippen LogP contribution in [0.2, 0.25) is 0 Å². The molecule has 8 heteroatoms. The number of thiol groups is 1. The van der Waals surface area contributed by atoms with Gasteiger partial charge in [0.25, 0.3) is 0 Å². The Balaban J connectivity index is 3.44. The molecule has 2 atom stereocenters. The van der Waals surface area contributed by atoms with Gasteiger partial charge in [-0.25, -0.2) is 4.79 Å². The van der Waals surface area contributed by atoms with Gasteiger partial charge in [0.1, 0.15) is 6.04 Å². The zero-order chi connectivity index (χ0) is 20.3. The molecule has 0 saturated heterocycles. The second kappa shape index (κ2) is 8.61. The van der Waals surface area contributed by atoms with Gasteiger partial charge >= 0.3 is 11.9 Å². The number of carboxylic acid groups (broad SMARTS) is 1. The van der Waals surface area contributed by atoms with Crippen molar-refractivity contribution in [2.45, 2.75) is 71.5 Å². The Morgan fingerprint density at radius 1 is 1.23 bits per heavy atom. The average Bonchev–Trinajstić information content (AvgIpc) is 2.50. The van der Waals surface area contributed by atoms with Gasteiger partial charge in [-0.15, -0.1) is 0 Å². The maximum atomic E-state index is 13.2. The van der Waals surface area contributed by atoms with Gasteiger partial charge in [-0.1, -0.05) is 34.1 Å². The van der Waals surface area contributed by atoms with E-state index in [2.05, 4.69) is 40.3 Å². The van der Waals surface area contributed by atoms with Gasteiger partial charge in [0.15, 0.2) is 0 Å². The number of ether oxygens (including phenoxy) is 1. The van der Waals surface area contributed by atoms with Crippen LogP contribution in [0.25, 0.3) is 0 Å². The first-order chi connectivity index (χ1) is 11.9. The fraction of sp³-hybridized carbons (Fsp3) is 0.833. The number of carbonyl (C=O) groups is 3. The molecule has 0 aromatic rings. The van der Waals surface area contributed by atoms with E-state index in [0.29, 0.717) is 0 Å². The maximum Gasteiger partial charge on any atom is 0.329 e. The molecule has 0 bridgehead atoms. The Bertz CT molecular complexity index is 534. The molecule has 1 aliphatic rings. The number of esters is 1. The van der Waals surface area contributed by atoms with Crippen molar-refractivity contribution in [2.24, 2.45) is 16.6 Å². The molecule has 0 heterocycles. The van der Waals surface area contributed by atoms with Crippen LogP contribution in [0, 0.1) is 10.8 Å². The Labute approximate surface area is 161 Å². The van der Waals surface area contributed by atoms with Gasteiger partial charge in [-0.3, -0.25) is 9.59 Å². The van der Waals surface area contributed by atoms with Crippen LogP contribution in [-0.4, -0.2) is 58.8 Å². The highest BCUT2D eigenvalue weighted by molar-refractivity contribution is 7.80. The number of hydrogen-bond donors (Lipinski definition) is 3. The topological polar surface area (TPSA) is 110 Å². The van der Waals surface area contributed by atoms with Crippen molar-refractivity contribution in [2.75, 3.05) is 12.9 Å². The summed E-state index contributed by atoms with van der Waals surface area (Å²) >= 11 is 4.26. The molecular formula is C18H32N2O5S. The molecule has 7 nitrogen and oxygen atoms in total. The summed E-state index contributed by atoms with van der Waals surface area (Å²) in [6, 6.07) is -2.45. The molecule has 0 aromatic heterocycles. The van der Waals surface area contributed by atoms with Crippen LogP contribution in [-0.2, 0) is 19.1 Å². The number of aliphatic carboxylic acids is 1. The first-order valence-corrected chi connectivity index (χ1v) is 9.50. The lowest BCUT2D eigenvalue weighted by atomic mass is 9.60. The van der Waals surface area contributed by atoms with E-state index >= 15 is 0 Å². The summed E-state index contributed by atoms with van der Waals surface area (Å²) in [5.41, 5.74) is 5.35. The largest absolute Gasteiger partial charge is 0.481 e. The van der Waals surface area contributed by atoms with Gasteiger partial charge < -0.3 is 20.5 Å². The minimum atomic E-state index is -1.23. The lowest BCUT2D eigenvalue weighted by Gasteiger charge is -2.55. The molecule has 150 valence electrons. The van der Waals surface area contributed by atoms with Crippen molar-refractivity contribution in [1.82, 2.24) is 4.90 Å². The van der Waals surface area contributed by atoms with E-state index in [-0.39, 0.29) is 22.6 Å². The summed E-state index contributed by atoms with van der Waals surface area (Å²) in [5.74, 6) is -2.22. The molecule has 0 aromatic carbocycles. The van der Waals surface area contributed by atoms with Gasteiger partial charge in [0, 0.05) is 11.8 Å².